The summed E-state index contributed by atoms with van der Waals surface area (Å²) in [5.74, 6) is 1.10. The van der Waals surface area contributed by atoms with Gasteiger partial charge in [-0.25, -0.2) is 4.98 Å². The van der Waals surface area contributed by atoms with Crippen molar-refractivity contribution in [3.63, 3.8) is 0 Å². The van der Waals surface area contributed by atoms with Crippen LogP contribution in [0.15, 0.2) is 46.9 Å². The fourth-order valence-electron chi connectivity index (χ4n) is 2.33. The molecule has 0 bridgehead atoms. The Morgan fingerprint density at radius 1 is 1.14 bits per heavy atom. The largest absolute Gasteiger partial charge is 0.440 e. The van der Waals surface area contributed by atoms with Gasteiger partial charge in [0.1, 0.15) is 5.52 Å². The molecule has 0 amide bonds. The minimum atomic E-state index is 0.307. The molecule has 0 saturated carbocycles. The third-order valence-electron chi connectivity index (χ3n) is 3.48. The fourth-order valence-corrected chi connectivity index (χ4v) is 2.33. The van der Waals surface area contributed by atoms with Gasteiger partial charge in [0.15, 0.2) is 11.5 Å². The van der Waals surface area contributed by atoms with Gasteiger partial charge in [-0.1, -0.05) is 43.7 Å². The molecule has 1 aromatic heterocycles. The maximum atomic E-state index is 5.72. The van der Waals surface area contributed by atoms with Gasteiger partial charge in [-0.15, -0.1) is 0 Å². The van der Waals surface area contributed by atoms with Crippen molar-refractivity contribution in [2.24, 2.45) is 0 Å². The molecule has 0 aliphatic heterocycles. The Hall–Kier alpha value is -2.29. The van der Waals surface area contributed by atoms with Gasteiger partial charge in [0.2, 0.25) is 0 Å². The lowest BCUT2D eigenvalue weighted by Gasteiger charge is -2.06. The minimum Gasteiger partial charge on any atom is -0.440 e. The number of aryl methyl sites for hydroxylation is 1. The maximum absolute atomic E-state index is 5.72. The van der Waals surface area contributed by atoms with Gasteiger partial charge >= 0.3 is 0 Å². The minimum absolute atomic E-state index is 0.307. The van der Waals surface area contributed by atoms with Gasteiger partial charge in [0, 0.05) is 18.2 Å². The molecule has 21 heavy (non-hydrogen) atoms. The van der Waals surface area contributed by atoms with Gasteiger partial charge in [0.05, 0.1) is 0 Å². The third kappa shape index (κ3) is 3.07. The highest BCUT2D eigenvalue weighted by Crippen LogP contribution is 2.24. The number of benzene rings is 2. The lowest BCUT2D eigenvalue weighted by atomic mass is 10.1. The molecule has 3 aromatic rings. The van der Waals surface area contributed by atoms with Crippen LogP contribution in [0.2, 0.25) is 0 Å². The molecule has 108 valence electrons. The smallest absolute Gasteiger partial charge is 0.198 e. The summed E-state index contributed by atoms with van der Waals surface area (Å²) in [6.07, 6.45) is 0. The van der Waals surface area contributed by atoms with E-state index in [1.165, 1.54) is 11.1 Å². The van der Waals surface area contributed by atoms with Crippen molar-refractivity contribution < 1.29 is 4.42 Å². The Kier molecular flexibility index (Phi) is 3.65. The topological polar surface area (TPSA) is 38.1 Å². The molecule has 3 rings (SSSR count). The summed E-state index contributed by atoms with van der Waals surface area (Å²) in [6, 6.07) is 14.6. The van der Waals surface area contributed by atoms with E-state index in [-0.39, 0.29) is 0 Å². The number of aromatic nitrogens is 1. The van der Waals surface area contributed by atoms with Crippen LogP contribution in [0.4, 0.5) is 5.69 Å². The summed E-state index contributed by atoms with van der Waals surface area (Å²) in [5, 5.41) is 3.44. The van der Waals surface area contributed by atoms with Gasteiger partial charge in [-0.2, -0.15) is 0 Å². The van der Waals surface area contributed by atoms with E-state index >= 15 is 0 Å². The molecule has 1 N–H and O–H groups in total. The molecule has 0 radical (unpaired) electrons. The van der Waals surface area contributed by atoms with Crippen LogP contribution in [0.5, 0.6) is 0 Å². The van der Waals surface area contributed by atoms with E-state index in [1.54, 1.807) is 0 Å². The van der Waals surface area contributed by atoms with E-state index in [0.29, 0.717) is 5.92 Å². The quantitative estimate of drug-likeness (QED) is 0.740. The fraction of sp³-hybridized carbons (Fsp3) is 0.278. The number of hydrogen-bond acceptors (Lipinski definition) is 3. The number of oxazole rings is 1. The van der Waals surface area contributed by atoms with E-state index in [4.69, 9.17) is 4.42 Å². The number of nitrogens with one attached hydrogen (secondary N) is 1. The van der Waals surface area contributed by atoms with Crippen LogP contribution in [-0.4, -0.2) is 4.98 Å². The zero-order valence-corrected chi connectivity index (χ0v) is 12.7. The van der Waals surface area contributed by atoms with Crippen LogP contribution in [-0.2, 0) is 6.54 Å². The average Bonchev–Trinajstić information content (AvgIpc) is 2.88. The average molecular weight is 280 g/mol. The first-order valence-electron chi connectivity index (χ1n) is 7.32. The molecule has 3 nitrogen and oxygen atoms in total. The first kappa shape index (κ1) is 13.7. The van der Waals surface area contributed by atoms with E-state index in [2.05, 4.69) is 55.3 Å². The third-order valence-corrected chi connectivity index (χ3v) is 3.48. The zero-order chi connectivity index (χ0) is 14.8. The standard InChI is InChI=1S/C18H20N2O/c1-12(2)18-20-16-10-15(7-8-17(16)21-18)19-11-14-6-4-5-13(3)9-14/h4-10,12,19H,11H2,1-3H3. The van der Waals surface area contributed by atoms with Gasteiger partial charge in [0.25, 0.3) is 0 Å². The number of fused-ring (bicyclic) bond motifs is 1. The Morgan fingerprint density at radius 3 is 2.76 bits per heavy atom. The summed E-state index contributed by atoms with van der Waals surface area (Å²) in [6.45, 7) is 7.09. The Bertz CT molecular complexity index is 759. The molecule has 0 saturated heterocycles. The first-order valence-corrected chi connectivity index (χ1v) is 7.32. The molecule has 0 unspecified atom stereocenters. The molecule has 0 aliphatic rings. The molecule has 0 aliphatic carbocycles. The van der Waals surface area contributed by atoms with Crippen molar-refractivity contribution in [2.75, 3.05) is 5.32 Å². The summed E-state index contributed by atoms with van der Waals surface area (Å²) in [4.78, 5) is 4.54. The Balaban J connectivity index is 1.78. The van der Waals surface area contributed by atoms with Crippen LogP contribution < -0.4 is 5.32 Å². The molecular formula is C18H20N2O. The second kappa shape index (κ2) is 5.60. The van der Waals surface area contributed by atoms with Crippen LogP contribution in [0.3, 0.4) is 0 Å². The number of hydrogen-bond donors (Lipinski definition) is 1. The van der Waals surface area contributed by atoms with Crippen LogP contribution in [0.25, 0.3) is 11.1 Å². The van der Waals surface area contributed by atoms with Crippen LogP contribution >= 0.6 is 0 Å². The summed E-state index contributed by atoms with van der Waals surface area (Å²) >= 11 is 0. The maximum Gasteiger partial charge on any atom is 0.198 e. The summed E-state index contributed by atoms with van der Waals surface area (Å²) in [7, 11) is 0. The molecule has 0 atom stereocenters. The highest BCUT2D eigenvalue weighted by molar-refractivity contribution is 5.77. The second-order valence-electron chi connectivity index (χ2n) is 5.73. The molecule has 0 fully saturated rings. The van der Waals surface area contributed by atoms with Crippen molar-refractivity contribution >= 4 is 16.8 Å². The van der Waals surface area contributed by atoms with Crippen LogP contribution in [0.1, 0.15) is 36.8 Å². The summed E-state index contributed by atoms with van der Waals surface area (Å²) < 4.78 is 5.72. The van der Waals surface area contributed by atoms with Crippen molar-refractivity contribution in [3.05, 3.63) is 59.5 Å². The zero-order valence-electron chi connectivity index (χ0n) is 12.7. The predicted octanol–water partition coefficient (Wildman–Crippen LogP) is 4.87. The van der Waals surface area contributed by atoms with Crippen molar-refractivity contribution in [2.45, 2.75) is 33.2 Å². The van der Waals surface area contributed by atoms with Crippen molar-refractivity contribution in [1.29, 1.82) is 0 Å². The lowest BCUT2D eigenvalue weighted by Crippen LogP contribution is -1.99. The number of anilines is 1. The van der Waals surface area contributed by atoms with E-state index in [1.807, 2.05) is 18.2 Å². The first-order chi connectivity index (χ1) is 10.1. The predicted molar refractivity (Wildman–Crippen MR) is 86.6 cm³/mol. The number of rotatable bonds is 4. The SMILES string of the molecule is Cc1cccc(CNc2ccc3oc(C(C)C)nc3c2)c1. The van der Waals surface area contributed by atoms with E-state index in [9.17, 15) is 0 Å². The van der Waals surface area contributed by atoms with Crippen molar-refractivity contribution in [1.82, 2.24) is 4.98 Å². The Labute approximate surface area is 125 Å². The highest BCUT2D eigenvalue weighted by atomic mass is 16.3. The monoisotopic (exact) mass is 280 g/mol. The van der Waals surface area contributed by atoms with Gasteiger partial charge in [-0.05, 0) is 30.7 Å². The molecule has 0 spiro atoms. The molecule has 3 heteroatoms. The van der Waals surface area contributed by atoms with Crippen molar-refractivity contribution in [3.8, 4) is 0 Å². The number of nitrogens with zero attached hydrogens (tertiary/aromatic N) is 1. The molecular weight excluding hydrogens is 260 g/mol. The van der Waals surface area contributed by atoms with E-state index in [0.717, 1.165) is 29.2 Å². The summed E-state index contributed by atoms with van der Waals surface area (Å²) in [5.41, 5.74) is 5.38. The van der Waals surface area contributed by atoms with Gasteiger partial charge in [-0.3, -0.25) is 0 Å². The second-order valence-corrected chi connectivity index (χ2v) is 5.73. The van der Waals surface area contributed by atoms with Crippen LogP contribution in [0, 0.1) is 6.92 Å². The van der Waals surface area contributed by atoms with E-state index < -0.39 is 0 Å². The molecule has 1 heterocycles. The highest BCUT2D eigenvalue weighted by Gasteiger charge is 2.09. The Morgan fingerprint density at radius 2 is 2.00 bits per heavy atom. The lowest BCUT2D eigenvalue weighted by molar-refractivity contribution is 0.501. The molecule has 2 aromatic carbocycles. The van der Waals surface area contributed by atoms with Gasteiger partial charge < -0.3 is 9.73 Å². The normalized spacial score (nSPS) is 11.2.